The third-order valence-electron chi connectivity index (χ3n) is 3.11. The SMILES string of the molecule is CCN(C[C@H]1COCCN1C(=O)OC(C)(C)C)C(C)=O. The Hall–Kier alpha value is -1.30. The normalized spacial score (nSPS) is 19.6. The third kappa shape index (κ3) is 5.00. The van der Waals surface area contributed by atoms with Crippen LogP contribution in [0.4, 0.5) is 4.79 Å². The summed E-state index contributed by atoms with van der Waals surface area (Å²) in [5.41, 5.74) is -0.523. The van der Waals surface area contributed by atoms with Crippen molar-refractivity contribution in [2.75, 3.05) is 32.8 Å². The summed E-state index contributed by atoms with van der Waals surface area (Å²) in [6.07, 6.45) is -0.342. The average molecular weight is 286 g/mol. The van der Waals surface area contributed by atoms with Crippen LogP contribution in [0.3, 0.4) is 0 Å². The molecule has 2 amide bonds. The molecule has 0 unspecified atom stereocenters. The van der Waals surface area contributed by atoms with Crippen molar-refractivity contribution < 1.29 is 19.1 Å². The summed E-state index contributed by atoms with van der Waals surface area (Å²) in [7, 11) is 0. The summed E-state index contributed by atoms with van der Waals surface area (Å²) < 4.78 is 10.8. The lowest BCUT2D eigenvalue weighted by Crippen LogP contribution is -2.55. The van der Waals surface area contributed by atoms with E-state index >= 15 is 0 Å². The first-order valence-electron chi connectivity index (χ1n) is 7.07. The number of likely N-dealkylation sites (N-methyl/N-ethyl adjacent to an activating group) is 1. The first-order valence-corrected chi connectivity index (χ1v) is 7.07. The van der Waals surface area contributed by atoms with Crippen LogP contribution in [0, 0.1) is 0 Å². The molecule has 0 bridgehead atoms. The molecule has 0 radical (unpaired) electrons. The van der Waals surface area contributed by atoms with Gasteiger partial charge in [0.1, 0.15) is 5.60 Å². The lowest BCUT2D eigenvalue weighted by molar-refractivity contribution is -0.130. The predicted octanol–water partition coefficient (Wildman–Crippen LogP) is 1.49. The molecule has 0 aromatic heterocycles. The van der Waals surface area contributed by atoms with E-state index in [0.717, 1.165) is 0 Å². The molecule has 0 aliphatic carbocycles. The highest BCUT2D eigenvalue weighted by Crippen LogP contribution is 2.15. The molecule has 6 heteroatoms. The van der Waals surface area contributed by atoms with E-state index in [1.165, 1.54) is 6.92 Å². The highest BCUT2D eigenvalue weighted by atomic mass is 16.6. The van der Waals surface area contributed by atoms with Crippen molar-refractivity contribution in [3.8, 4) is 0 Å². The highest BCUT2D eigenvalue weighted by Gasteiger charge is 2.32. The summed E-state index contributed by atoms with van der Waals surface area (Å²) >= 11 is 0. The van der Waals surface area contributed by atoms with Gasteiger partial charge in [0.05, 0.1) is 19.3 Å². The van der Waals surface area contributed by atoms with Crippen molar-refractivity contribution in [1.29, 1.82) is 0 Å². The first-order chi connectivity index (χ1) is 9.24. The average Bonchev–Trinajstić information content (AvgIpc) is 2.33. The maximum Gasteiger partial charge on any atom is 0.410 e. The van der Waals surface area contributed by atoms with Crippen LogP contribution in [0.1, 0.15) is 34.6 Å². The van der Waals surface area contributed by atoms with Gasteiger partial charge in [0.2, 0.25) is 5.91 Å². The summed E-state index contributed by atoms with van der Waals surface area (Å²) in [6, 6.07) is -0.151. The van der Waals surface area contributed by atoms with Crippen molar-refractivity contribution in [1.82, 2.24) is 9.80 Å². The van der Waals surface area contributed by atoms with E-state index in [4.69, 9.17) is 9.47 Å². The fourth-order valence-corrected chi connectivity index (χ4v) is 2.10. The second-order valence-electron chi connectivity index (χ2n) is 5.96. The number of hydrogen-bond donors (Lipinski definition) is 0. The van der Waals surface area contributed by atoms with Crippen LogP contribution in [0.5, 0.6) is 0 Å². The predicted molar refractivity (Wildman–Crippen MR) is 75.5 cm³/mol. The first kappa shape index (κ1) is 16.8. The van der Waals surface area contributed by atoms with E-state index in [1.54, 1.807) is 9.80 Å². The fraction of sp³-hybridized carbons (Fsp3) is 0.857. The van der Waals surface area contributed by atoms with Gasteiger partial charge in [-0.2, -0.15) is 0 Å². The van der Waals surface area contributed by atoms with E-state index < -0.39 is 5.60 Å². The van der Waals surface area contributed by atoms with Gasteiger partial charge < -0.3 is 14.4 Å². The summed E-state index contributed by atoms with van der Waals surface area (Å²) in [5.74, 6) is 0.00205. The molecule has 1 aliphatic heterocycles. The molecule has 1 heterocycles. The quantitative estimate of drug-likeness (QED) is 0.788. The van der Waals surface area contributed by atoms with E-state index in [1.807, 2.05) is 27.7 Å². The molecule has 1 rings (SSSR count). The van der Waals surface area contributed by atoms with Crippen LogP contribution >= 0.6 is 0 Å². The van der Waals surface area contributed by atoms with Gasteiger partial charge in [-0.1, -0.05) is 0 Å². The summed E-state index contributed by atoms with van der Waals surface area (Å²) in [4.78, 5) is 27.1. The zero-order chi connectivity index (χ0) is 15.3. The highest BCUT2D eigenvalue weighted by molar-refractivity contribution is 5.73. The number of nitrogens with zero attached hydrogens (tertiary/aromatic N) is 2. The molecule has 1 atom stereocenters. The fourth-order valence-electron chi connectivity index (χ4n) is 2.10. The molecule has 1 fully saturated rings. The minimum absolute atomic E-state index is 0.00205. The van der Waals surface area contributed by atoms with Gasteiger partial charge >= 0.3 is 6.09 Å². The Morgan fingerprint density at radius 3 is 2.55 bits per heavy atom. The van der Waals surface area contributed by atoms with Crippen LogP contribution < -0.4 is 0 Å². The second-order valence-corrected chi connectivity index (χ2v) is 5.96. The molecule has 1 saturated heterocycles. The minimum Gasteiger partial charge on any atom is -0.444 e. The van der Waals surface area contributed by atoms with Crippen LogP contribution in [-0.2, 0) is 14.3 Å². The molecule has 0 aromatic rings. The minimum atomic E-state index is -0.523. The molecular weight excluding hydrogens is 260 g/mol. The van der Waals surface area contributed by atoms with Crippen molar-refractivity contribution in [3.05, 3.63) is 0 Å². The van der Waals surface area contributed by atoms with Gasteiger partial charge in [-0.05, 0) is 27.7 Å². The molecule has 0 spiro atoms. The smallest absolute Gasteiger partial charge is 0.410 e. The Labute approximate surface area is 121 Å². The maximum atomic E-state index is 12.2. The Morgan fingerprint density at radius 2 is 2.05 bits per heavy atom. The lowest BCUT2D eigenvalue weighted by Gasteiger charge is -2.38. The van der Waals surface area contributed by atoms with Gasteiger partial charge in [-0.15, -0.1) is 0 Å². The zero-order valence-electron chi connectivity index (χ0n) is 13.1. The lowest BCUT2D eigenvalue weighted by atomic mass is 10.2. The Balaban J connectivity index is 2.71. The standard InChI is InChI=1S/C14H26N2O4/c1-6-15(11(2)17)9-12-10-19-8-7-16(12)13(18)20-14(3,4)5/h12H,6-10H2,1-5H3/t12-/m0/s1. The van der Waals surface area contributed by atoms with Crippen molar-refractivity contribution in [2.24, 2.45) is 0 Å². The Bertz CT molecular complexity index is 352. The summed E-state index contributed by atoms with van der Waals surface area (Å²) in [5, 5.41) is 0. The number of rotatable bonds is 3. The second kappa shape index (κ2) is 6.92. The van der Waals surface area contributed by atoms with Crippen LogP contribution in [0.15, 0.2) is 0 Å². The van der Waals surface area contributed by atoms with Crippen LogP contribution in [-0.4, -0.2) is 66.3 Å². The third-order valence-corrected chi connectivity index (χ3v) is 3.11. The van der Waals surface area contributed by atoms with Gasteiger partial charge in [0.25, 0.3) is 0 Å². The van der Waals surface area contributed by atoms with Crippen molar-refractivity contribution in [3.63, 3.8) is 0 Å². The zero-order valence-corrected chi connectivity index (χ0v) is 13.1. The van der Waals surface area contributed by atoms with E-state index in [2.05, 4.69) is 0 Å². The number of ether oxygens (including phenoxy) is 2. The number of morpholine rings is 1. The number of hydrogen-bond acceptors (Lipinski definition) is 4. The van der Waals surface area contributed by atoms with E-state index in [9.17, 15) is 9.59 Å². The van der Waals surface area contributed by atoms with Crippen LogP contribution in [0.2, 0.25) is 0 Å². The van der Waals surface area contributed by atoms with E-state index in [0.29, 0.717) is 32.8 Å². The number of amides is 2. The molecule has 1 aliphatic rings. The molecule has 0 N–H and O–H groups in total. The van der Waals surface area contributed by atoms with Gasteiger partial charge in [-0.25, -0.2) is 4.79 Å². The number of carbonyl (C=O) groups is 2. The van der Waals surface area contributed by atoms with Crippen molar-refractivity contribution >= 4 is 12.0 Å². The Kier molecular flexibility index (Phi) is 5.80. The van der Waals surface area contributed by atoms with Crippen LogP contribution in [0.25, 0.3) is 0 Å². The van der Waals surface area contributed by atoms with Gasteiger partial charge in [0.15, 0.2) is 0 Å². The van der Waals surface area contributed by atoms with E-state index in [-0.39, 0.29) is 18.0 Å². The maximum absolute atomic E-state index is 12.2. The van der Waals surface area contributed by atoms with Gasteiger partial charge in [-0.3, -0.25) is 9.69 Å². The topological polar surface area (TPSA) is 59.1 Å². The van der Waals surface area contributed by atoms with Crippen molar-refractivity contribution in [2.45, 2.75) is 46.3 Å². The summed E-state index contributed by atoms with van der Waals surface area (Å²) in [6.45, 7) is 11.5. The largest absolute Gasteiger partial charge is 0.444 e. The monoisotopic (exact) mass is 286 g/mol. The Morgan fingerprint density at radius 1 is 1.40 bits per heavy atom. The number of carbonyl (C=O) groups excluding carboxylic acids is 2. The van der Waals surface area contributed by atoms with Gasteiger partial charge in [0, 0.05) is 26.6 Å². The molecule has 0 saturated carbocycles. The molecule has 0 aromatic carbocycles. The molecule has 6 nitrogen and oxygen atoms in total. The molecular formula is C14H26N2O4. The molecule has 20 heavy (non-hydrogen) atoms. The molecule has 116 valence electrons.